The van der Waals surface area contributed by atoms with Gasteiger partial charge in [-0.15, -0.1) is 0 Å². The van der Waals surface area contributed by atoms with Crippen LogP contribution in [0.25, 0.3) is 10.8 Å². The van der Waals surface area contributed by atoms with Crippen LogP contribution in [0.1, 0.15) is 16.8 Å². The van der Waals surface area contributed by atoms with Crippen LogP contribution >= 0.6 is 0 Å². The zero-order valence-corrected chi connectivity index (χ0v) is 15.1. The van der Waals surface area contributed by atoms with Crippen LogP contribution in [-0.2, 0) is 6.42 Å². The first kappa shape index (κ1) is 17.9. The van der Waals surface area contributed by atoms with E-state index in [0.29, 0.717) is 11.3 Å². The predicted octanol–water partition coefficient (Wildman–Crippen LogP) is 4.84. The first-order valence-electron chi connectivity index (χ1n) is 8.80. The molecule has 0 radical (unpaired) electrons. The largest absolute Gasteiger partial charge is 0.325 e. The summed E-state index contributed by atoms with van der Waals surface area (Å²) in [6, 6.07) is 17.2. The first-order chi connectivity index (χ1) is 13.5. The number of halogens is 2. The molecule has 6 heteroatoms. The van der Waals surface area contributed by atoms with Crippen LogP contribution in [0.2, 0.25) is 0 Å². The molecule has 0 atom stereocenters. The highest BCUT2D eigenvalue weighted by atomic mass is 19.1. The molecule has 1 aromatic heterocycles. The molecule has 4 aromatic rings. The molecule has 0 amide bonds. The molecule has 0 saturated carbocycles. The molecular formula is C22H17F2N3O. The van der Waals surface area contributed by atoms with Crippen molar-refractivity contribution in [3.8, 4) is 0 Å². The SMILES string of the molecule is Cc1c(Cc2c(F)cccc2F)nc(Nc2cccc3ccccc23)[nH]c1=O. The van der Waals surface area contributed by atoms with Gasteiger partial charge in [0.05, 0.1) is 5.69 Å². The highest BCUT2D eigenvalue weighted by Gasteiger charge is 2.15. The molecule has 0 fully saturated rings. The Labute approximate surface area is 159 Å². The Bertz CT molecular complexity index is 1210. The number of aromatic amines is 1. The molecule has 0 spiro atoms. The minimum Gasteiger partial charge on any atom is -0.325 e. The van der Waals surface area contributed by atoms with Gasteiger partial charge < -0.3 is 5.32 Å². The number of fused-ring (bicyclic) bond motifs is 1. The monoisotopic (exact) mass is 377 g/mol. The number of benzene rings is 3. The zero-order valence-electron chi connectivity index (χ0n) is 15.1. The summed E-state index contributed by atoms with van der Waals surface area (Å²) in [4.78, 5) is 19.4. The number of nitrogens with zero attached hydrogens (tertiary/aromatic N) is 1. The molecule has 0 saturated heterocycles. The second kappa shape index (κ2) is 7.23. The number of H-pyrrole nitrogens is 1. The van der Waals surface area contributed by atoms with Crippen LogP contribution in [0.3, 0.4) is 0 Å². The smallest absolute Gasteiger partial charge is 0.255 e. The van der Waals surface area contributed by atoms with E-state index < -0.39 is 11.6 Å². The lowest BCUT2D eigenvalue weighted by atomic mass is 10.1. The van der Waals surface area contributed by atoms with Crippen molar-refractivity contribution < 1.29 is 8.78 Å². The molecule has 0 aliphatic rings. The molecule has 0 aliphatic heterocycles. The summed E-state index contributed by atoms with van der Waals surface area (Å²) in [6.07, 6.45) is -0.113. The lowest BCUT2D eigenvalue weighted by molar-refractivity contribution is 0.560. The highest BCUT2D eigenvalue weighted by molar-refractivity contribution is 5.94. The molecule has 4 rings (SSSR count). The normalized spacial score (nSPS) is 11.0. The summed E-state index contributed by atoms with van der Waals surface area (Å²) in [7, 11) is 0. The average Bonchev–Trinajstić information content (AvgIpc) is 2.68. The van der Waals surface area contributed by atoms with E-state index in [9.17, 15) is 13.6 Å². The molecule has 3 aromatic carbocycles. The summed E-state index contributed by atoms with van der Waals surface area (Å²) in [5.41, 5.74) is 0.944. The third kappa shape index (κ3) is 3.36. The van der Waals surface area contributed by atoms with Crippen molar-refractivity contribution in [1.82, 2.24) is 9.97 Å². The Kier molecular flexibility index (Phi) is 4.61. The van der Waals surface area contributed by atoms with Gasteiger partial charge in [0.15, 0.2) is 0 Å². The predicted molar refractivity (Wildman–Crippen MR) is 106 cm³/mol. The summed E-state index contributed by atoms with van der Waals surface area (Å²) in [5, 5.41) is 5.12. The Morgan fingerprint density at radius 1 is 0.964 bits per heavy atom. The average molecular weight is 377 g/mol. The lowest BCUT2D eigenvalue weighted by Gasteiger charge is -2.12. The molecule has 0 unspecified atom stereocenters. The van der Waals surface area contributed by atoms with Crippen molar-refractivity contribution in [1.29, 1.82) is 0 Å². The molecule has 0 aliphatic carbocycles. The van der Waals surface area contributed by atoms with Gasteiger partial charge in [-0.05, 0) is 30.5 Å². The van der Waals surface area contributed by atoms with Gasteiger partial charge in [-0.25, -0.2) is 13.8 Å². The fourth-order valence-corrected chi connectivity index (χ4v) is 3.14. The maximum atomic E-state index is 14.0. The molecule has 2 N–H and O–H groups in total. The Balaban J connectivity index is 1.74. The number of nitrogens with one attached hydrogen (secondary N) is 2. The van der Waals surface area contributed by atoms with Crippen LogP contribution in [0.4, 0.5) is 20.4 Å². The van der Waals surface area contributed by atoms with Gasteiger partial charge in [0.1, 0.15) is 11.6 Å². The minimum absolute atomic E-state index is 0.111. The van der Waals surface area contributed by atoms with Gasteiger partial charge in [0, 0.05) is 28.6 Å². The van der Waals surface area contributed by atoms with E-state index in [4.69, 9.17) is 0 Å². The van der Waals surface area contributed by atoms with Crippen LogP contribution in [-0.4, -0.2) is 9.97 Å². The van der Waals surface area contributed by atoms with E-state index in [-0.39, 0.29) is 23.5 Å². The quantitative estimate of drug-likeness (QED) is 0.535. The number of hydrogen-bond acceptors (Lipinski definition) is 3. The molecule has 4 nitrogen and oxygen atoms in total. The van der Waals surface area contributed by atoms with E-state index in [1.54, 1.807) is 6.92 Å². The van der Waals surface area contributed by atoms with Crippen molar-refractivity contribution in [3.63, 3.8) is 0 Å². The molecular weight excluding hydrogens is 360 g/mol. The molecule has 1 heterocycles. The van der Waals surface area contributed by atoms with Crippen molar-refractivity contribution in [3.05, 3.63) is 99.5 Å². The van der Waals surface area contributed by atoms with Crippen LogP contribution in [0.5, 0.6) is 0 Å². The van der Waals surface area contributed by atoms with Crippen molar-refractivity contribution in [2.75, 3.05) is 5.32 Å². The van der Waals surface area contributed by atoms with Gasteiger partial charge in [-0.1, -0.05) is 42.5 Å². The van der Waals surface area contributed by atoms with Crippen LogP contribution < -0.4 is 10.9 Å². The maximum absolute atomic E-state index is 14.0. The maximum Gasteiger partial charge on any atom is 0.255 e. The third-order valence-corrected chi connectivity index (χ3v) is 4.70. The van der Waals surface area contributed by atoms with E-state index in [1.807, 2.05) is 42.5 Å². The van der Waals surface area contributed by atoms with Gasteiger partial charge in [0.2, 0.25) is 5.95 Å². The summed E-state index contributed by atoms with van der Waals surface area (Å²) in [5.74, 6) is -1.10. The fraction of sp³-hybridized carbons (Fsp3) is 0.0909. The van der Waals surface area contributed by atoms with E-state index in [2.05, 4.69) is 15.3 Å². The van der Waals surface area contributed by atoms with Crippen molar-refractivity contribution >= 4 is 22.4 Å². The lowest BCUT2D eigenvalue weighted by Crippen LogP contribution is -2.18. The number of rotatable bonds is 4. The second-order valence-corrected chi connectivity index (χ2v) is 6.51. The number of aromatic nitrogens is 2. The van der Waals surface area contributed by atoms with Crippen LogP contribution in [0, 0.1) is 18.6 Å². The van der Waals surface area contributed by atoms with Crippen molar-refractivity contribution in [2.45, 2.75) is 13.3 Å². The Hall–Kier alpha value is -3.54. The van der Waals surface area contributed by atoms with Gasteiger partial charge >= 0.3 is 0 Å². The van der Waals surface area contributed by atoms with Gasteiger partial charge in [0.25, 0.3) is 5.56 Å². The third-order valence-electron chi connectivity index (χ3n) is 4.70. The summed E-state index contributed by atoms with van der Waals surface area (Å²) >= 11 is 0. The topological polar surface area (TPSA) is 57.8 Å². The van der Waals surface area contributed by atoms with Gasteiger partial charge in [-0.2, -0.15) is 0 Å². The minimum atomic E-state index is -0.662. The van der Waals surface area contributed by atoms with E-state index >= 15 is 0 Å². The van der Waals surface area contributed by atoms with Crippen LogP contribution in [0.15, 0.2) is 65.5 Å². The number of hydrogen-bond donors (Lipinski definition) is 2. The standard InChI is InChI=1S/C22H17F2N3O/c1-13-20(12-16-17(23)9-5-10-18(16)24)26-22(27-21(13)28)25-19-11-4-7-14-6-2-3-8-15(14)19/h2-11H,12H2,1H3,(H2,25,26,27,28). The molecule has 28 heavy (non-hydrogen) atoms. The van der Waals surface area contributed by atoms with E-state index in [1.165, 1.54) is 18.2 Å². The summed E-state index contributed by atoms with van der Waals surface area (Å²) in [6.45, 7) is 1.58. The van der Waals surface area contributed by atoms with Crippen molar-refractivity contribution in [2.24, 2.45) is 0 Å². The molecule has 140 valence electrons. The Morgan fingerprint density at radius 3 is 2.43 bits per heavy atom. The summed E-state index contributed by atoms with van der Waals surface area (Å²) < 4.78 is 28.0. The highest BCUT2D eigenvalue weighted by Crippen LogP contribution is 2.25. The van der Waals surface area contributed by atoms with E-state index in [0.717, 1.165) is 16.5 Å². The fourth-order valence-electron chi connectivity index (χ4n) is 3.14. The zero-order chi connectivity index (χ0) is 19.7. The number of anilines is 2. The van der Waals surface area contributed by atoms with Gasteiger partial charge in [-0.3, -0.25) is 9.78 Å². The first-order valence-corrected chi connectivity index (χ1v) is 8.80. The molecule has 0 bridgehead atoms. The second-order valence-electron chi connectivity index (χ2n) is 6.51. The Morgan fingerprint density at radius 2 is 1.64 bits per heavy atom.